The minimum atomic E-state index is -0.108. The molecule has 3 fully saturated rings. The van der Waals surface area contributed by atoms with E-state index in [2.05, 4.69) is 13.8 Å². The monoisotopic (exact) mass is 238 g/mol. The van der Waals surface area contributed by atoms with Crippen molar-refractivity contribution in [1.29, 1.82) is 0 Å². The topological polar surface area (TPSA) is 35.5 Å². The third-order valence-corrected chi connectivity index (χ3v) is 6.35. The van der Waals surface area contributed by atoms with Gasteiger partial charge in [0.25, 0.3) is 0 Å². The van der Waals surface area contributed by atoms with Crippen LogP contribution in [0.2, 0.25) is 0 Å². The van der Waals surface area contributed by atoms with E-state index in [-0.39, 0.29) is 17.0 Å². The second-order valence-electron chi connectivity index (χ2n) is 6.55. The molecule has 17 heavy (non-hydrogen) atoms. The highest BCUT2D eigenvalue weighted by Crippen LogP contribution is 2.75. The van der Waals surface area contributed by atoms with Gasteiger partial charge < -0.3 is 9.47 Å². The molecule has 3 heteroatoms. The Labute approximate surface area is 103 Å². The summed E-state index contributed by atoms with van der Waals surface area (Å²) in [5.41, 5.74) is 0.584. The van der Waals surface area contributed by atoms with Crippen LogP contribution in [0.15, 0.2) is 0 Å². The normalized spacial score (nSPS) is 50.9. The average Bonchev–Trinajstić information content (AvgIpc) is 2.78. The Morgan fingerprint density at radius 1 is 1.47 bits per heavy atom. The van der Waals surface area contributed by atoms with Gasteiger partial charge in [0.1, 0.15) is 0 Å². The molecule has 1 saturated heterocycles. The Bertz CT molecular complexity index is 366. The molecule has 0 amide bonds. The van der Waals surface area contributed by atoms with Crippen molar-refractivity contribution in [2.24, 2.45) is 16.7 Å². The van der Waals surface area contributed by atoms with E-state index in [0.717, 1.165) is 25.4 Å². The lowest BCUT2D eigenvalue weighted by Crippen LogP contribution is -2.43. The van der Waals surface area contributed by atoms with Gasteiger partial charge in [-0.1, -0.05) is 13.8 Å². The highest BCUT2D eigenvalue weighted by Gasteiger charge is 2.75. The van der Waals surface area contributed by atoms with Gasteiger partial charge in [0.2, 0.25) is 0 Å². The van der Waals surface area contributed by atoms with Gasteiger partial charge in [-0.15, -0.1) is 0 Å². The summed E-state index contributed by atoms with van der Waals surface area (Å²) in [6.07, 6.45) is 5.08. The van der Waals surface area contributed by atoms with Gasteiger partial charge in [0.05, 0.1) is 19.3 Å². The summed E-state index contributed by atoms with van der Waals surface area (Å²) >= 11 is 0. The van der Waals surface area contributed by atoms with Crippen LogP contribution in [0.3, 0.4) is 0 Å². The first-order valence-corrected chi connectivity index (χ1v) is 6.68. The predicted octanol–water partition coefficient (Wildman–Crippen LogP) is 2.53. The molecular weight excluding hydrogens is 216 g/mol. The molecule has 0 radical (unpaired) electrons. The lowest BCUT2D eigenvalue weighted by Gasteiger charge is -2.41. The number of methoxy groups -OCH3 is 1. The highest BCUT2D eigenvalue weighted by molar-refractivity contribution is 5.69. The van der Waals surface area contributed by atoms with Gasteiger partial charge in [-0.2, -0.15) is 0 Å². The molecule has 0 N–H and O–H groups in total. The molecule has 3 nitrogen and oxygen atoms in total. The number of hydrogen-bond donors (Lipinski definition) is 0. The zero-order valence-electron chi connectivity index (χ0n) is 11.0. The summed E-state index contributed by atoms with van der Waals surface area (Å²) in [7, 11) is 1.46. The molecule has 2 saturated carbocycles. The van der Waals surface area contributed by atoms with Crippen molar-refractivity contribution in [2.75, 3.05) is 13.7 Å². The van der Waals surface area contributed by atoms with E-state index in [1.165, 1.54) is 20.0 Å². The first kappa shape index (κ1) is 11.5. The van der Waals surface area contributed by atoms with Crippen molar-refractivity contribution in [3.63, 3.8) is 0 Å². The maximum atomic E-state index is 11.4. The fraction of sp³-hybridized carbons (Fsp3) is 0.929. The van der Waals surface area contributed by atoms with Crippen LogP contribution in [0.25, 0.3) is 0 Å². The van der Waals surface area contributed by atoms with Crippen molar-refractivity contribution in [2.45, 2.75) is 51.6 Å². The molecule has 1 aliphatic heterocycles. The molecule has 0 unspecified atom stereocenters. The Kier molecular flexibility index (Phi) is 2.20. The average molecular weight is 238 g/mol. The molecule has 1 heterocycles. The van der Waals surface area contributed by atoms with Crippen molar-refractivity contribution in [3.05, 3.63) is 0 Å². The van der Waals surface area contributed by atoms with Gasteiger partial charge in [0.15, 0.2) is 0 Å². The molecule has 3 aliphatic rings. The van der Waals surface area contributed by atoms with E-state index in [1.807, 2.05) is 0 Å². The van der Waals surface area contributed by atoms with E-state index in [0.29, 0.717) is 11.8 Å². The first-order valence-electron chi connectivity index (χ1n) is 6.68. The number of ether oxygens (including phenoxy) is 2. The summed E-state index contributed by atoms with van der Waals surface area (Å²) in [5.74, 6) is 0.696. The molecule has 0 aromatic rings. The maximum absolute atomic E-state index is 11.4. The van der Waals surface area contributed by atoms with Crippen molar-refractivity contribution >= 4 is 5.97 Å². The minimum absolute atomic E-state index is 0.0428. The minimum Gasteiger partial charge on any atom is -0.469 e. The number of carbonyl (C=O) groups excluding carboxylic acids is 1. The molecular formula is C14H22O3. The van der Waals surface area contributed by atoms with Crippen LogP contribution < -0.4 is 0 Å². The summed E-state index contributed by atoms with van der Waals surface area (Å²) in [4.78, 5) is 11.4. The van der Waals surface area contributed by atoms with Gasteiger partial charge in [-0.25, -0.2) is 0 Å². The second-order valence-corrected chi connectivity index (χ2v) is 6.55. The lowest BCUT2D eigenvalue weighted by molar-refractivity contribution is -0.144. The van der Waals surface area contributed by atoms with E-state index in [9.17, 15) is 4.79 Å². The lowest BCUT2D eigenvalue weighted by atomic mass is 9.65. The summed E-state index contributed by atoms with van der Waals surface area (Å²) < 4.78 is 10.9. The van der Waals surface area contributed by atoms with Crippen LogP contribution in [0.1, 0.15) is 46.0 Å². The smallest absolute Gasteiger partial charge is 0.305 e. The largest absolute Gasteiger partial charge is 0.469 e. The molecule has 4 bridgehead atoms. The van der Waals surface area contributed by atoms with E-state index >= 15 is 0 Å². The molecule has 2 aliphatic carbocycles. The zero-order valence-corrected chi connectivity index (χ0v) is 11.0. The third kappa shape index (κ3) is 1.14. The maximum Gasteiger partial charge on any atom is 0.305 e. The second kappa shape index (κ2) is 3.25. The number of hydrogen-bond acceptors (Lipinski definition) is 3. The van der Waals surface area contributed by atoms with Crippen LogP contribution in [-0.2, 0) is 14.3 Å². The molecule has 0 spiro atoms. The Morgan fingerprint density at radius 3 is 2.82 bits per heavy atom. The predicted molar refractivity (Wildman–Crippen MR) is 63.5 cm³/mol. The molecule has 3 rings (SSSR count). The third-order valence-electron chi connectivity index (χ3n) is 6.35. The Balaban J connectivity index is 1.83. The van der Waals surface area contributed by atoms with E-state index < -0.39 is 0 Å². The van der Waals surface area contributed by atoms with E-state index in [1.54, 1.807) is 0 Å². The molecule has 0 aromatic carbocycles. The summed E-state index contributed by atoms with van der Waals surface area (Å²) in [5, 5.41) is 0. The number of rotatable bonds is 3. The first-order chi connectivity index (χ1) is 7.97. The Hall–Kier alpha value is -0.570. The summed E-state index contributed by atoms with van der Waals surface area (Å²) in [6.45, 7) is 5.65. The van der Waals surface area contributed by atoms with Crippen LogP contribution in [-0.4, -0.2) is 25.3 Å². The standard InChI is InChI=1S/C14H22O3/c1-12-9-17-14(7-5-11(15)16-3)8-10(12)4-6-13(12,14)2/h10H,4-9H2,1-3H3/t10-,12+,13-,14-/m1/s1. The van der Waals surface area contributed by atoms with Crippen molar-refractivity contribution in [1.82, 2.24) is 0 Å². The van der Waals surface area contributed by atoms with Crippen LogP contribution >= 0.6 is 0 Å². The fourth-order valence-electron chi connectivity index (χ4n) is 4.86. The molecule has 4 atom stereocenters. The zero-order chi connectivity index (χ0) is 12.3. The number of esters is 1. The Morgan fingerprint density at radius 2 is 2.24 bits per heavy atom. The highest BCUT2D eigenvalue weighted by atomic mass is 16.5. The van der Waals surface area contributed by atoms with Crippen molar-refractivity contribution < 1.29 is 14.3 Å². The summed E-state index contributed by atoms with van der Waals surface area (Å²) in [6, 6.07) is 0. The van der Waals surface area contributed by atoms with Gasteiger partial charge in [0, 0.05) is 17.3 Å². The van der Waals surface area contributed by atoms with Gasteiger partial charge in [-0.05, 0) is 31.6 Å². The van der Waals surface area contributed by atoms with Gasteiger partial charge >= 0.3 is 5.97 Å². The quantitative estimate of drug-likeness (QED) is 0.709. The van der Waals surface area contributed by atoms with Gasteiger partial charge in [-0.3, -0.25) is 4.79 Å². The van der Waals surface area contributed by atoms with E-state index in [4.69, 9.17) is 9.47 Å². The SMILES string of the molecule is COC(=O)CC[C@@]12C[C@H]3CC[C@]1(C)[C@@]3(C)CO2. The molecule has 96 valence electrons. The van der Waals surface area contributed by atoms with Crippen LogP contribution in [0.4, 0.5) is 0 Å². The molecule has 0 aromatic heterocycles. The van der Waals surface area contributed by atoms with Crippen LogP contribution in [0.5, 0.6) is 0 Å². The van der Waals surface area contributed by atoms with Crippen LogP contribution in [0, 0.1) is 16.7 Å². The van der Waals surface area contributed by atoms with Crippen molar-refractivity contribution in [3.8, 4) is 0 Å². The fourth-order valence-corrected chi connectivity index (χ4v) is 4.86. The number of carbonyl (C=O) groups is 1.